The van der Waals surface area contributed by atoms with E-state index in [1.165, 1.54) is 38.8 Å². The Morgan fingerprint density at radius 2 is 1.82 bits per heavy atom. The van der Waals surface area contributed by atoms with Gasteiger partial charge in [-0.15, -0.1) is 0 Å². The van der Waals surface area contributed by atoms with Gasteiger partial charge in [-0.05, 0) is 62.3 Å². The fraction of sp³-hybridized carbons (Fsp3) is 1.00. The third-order valence-corrected chi connectivity index (χ3v) is 5.50. The Labute approximate surface area is 105 Å². The third-order valence-electron chi connectivity index (χ3n) is 5.50. The van der Waals surface area contributed by atoms with Crippen LogP contribution in [0.15, 0.2) is 0 Å². The van der Waals surface area contributed by atoms with E-state index in [2.05, 4.69) is 18.7 Å². The molecule has 3 aliphatic rings. The van der Waals surface area contributed by atoms with E-state index in [4.69, 9.17) is 0 Å². The zero-order valence-corrected chi connectivity index (χ0v) is 11.4. The Hall–Kier alpha value is -0.0800. The van der Waals surface area contributed by atoms with Crippen LogP contribution in [0, 0.1) is 17.3 Å². The third kappa shape index (κ3) is 2.39. The molecule has 0 aromatic heterocycles. The van der Waals surface area contributed by atoms with Gasteiger partial charge in [0.1, 0.15) is 0 Å². The van der Waals surface area contributed by atoms with Crippen LogP contribution < -0.4 is 0 Å². The minimum absolute atomic E-state index is 0.0481. The second-order valence-electron chi connectivity index (χ2n) is 7.31. The van der Waals surface area contributed by atoms with Crippen LogP contribution in [0.1, 0.15) is 52.4 Å². The average Bonchev–Trinajstić information content (AvgIpc) is 3.01. The van der Waals surface area contributed by atoms with Crippen molar-refractivity contribution < 1.29 is 5.11 Å². The van der Waals surface area contributed by atoms with Crippen LogP contribution in [0.2, 0.25) is 0 Å². The van der Waals surface area contributed by atoms with E-state index in [9.17, 15) is 5.11 Å². The van der Waals surface area contributed by atoms with Gasteiger partial charge in [0, 0.05) is 12.6 Å². The predicted molar refractivity (Wildman–Crippen MR) is 69.8 cm³/mol. The van der Waals surface area contributed by atoms with Crippen LogP contribution in [-0.4, -0.2) is 35.2 Å². The van der Waals surface area contributed by atoms with E-state index >= 15 is 0 Å². The van der Waals surface area contributed by atoms with Gasteiger partial charge >= 0.3 is 0 Å². The first kappa shape index (κ1) is 12.0. The molecule has 0 radical (unpaired) electrons. The maximum absolute atomic E-state index is 9.93. The van der Waals surface area contributed by atoms with Gasteiger partial charge in [-0.25, -0.2) is 0 Å². The Morgan fingerprint density at radius 3 is 2.53 bits per heavy atom. The number of hydrogen-bond acceptors (Lipinski definition) is 2. The number of aliphatic hydroxyl groups excluding tert-OH is 1. The van der Waals surface area contributed by atoms with Crippen molar-refractivity contribution in [2.45, 2.75) is 64.5 Å². The molecular weight excluding hydrogens is 210 g/mol. The van der Waals surface area contributed by atoms with Crippen LogP contribution in [0.3, 0.4) is 0 Å². The van der Waals surface area contributed by atoms with Crippen molar-refractivity contribution in [2.24, 2.45) is 17.3 Å². The van der Waals surface area contributed by atoms with Crippen molar-refractivity contribution in [1.82, 2.24) is 4.90 Å². The Kier molecular flexibility index (Phi) is 2.99. The molecule has 3 fully saturated rings. The minimum atomic E-state index is -0.0481. The second kappa shape index (κ2) is 4.24. The van der Waals surface area contributed by atoms with Crippen LogP contribution in [0.4, 0.5) is 0 Å². The smallest absolute Gasteiger partial charge is 0.0555 e. The molecule has 0 aromatic rings. The molecule has 0 bridgehead atoms. The SMILES string of the molecule is CC1(C)CCC(O)CC1N1CCC(C2CC2)C1. The molecule has 3 rings (SSSR count). The minimum Gasteiger partial charge on any atom is -0.393 e. The monoisotopic (exact) mass is 237 g/mol. The normalized spacial score (nSPS) is 42.9. The summed E-state index contributed by atoms with van der Waals surface area (Å²) in [7, 11) is 0. The molecule has 98 valence electrons. The largest absolute Gasteiger partial charge is 0.393 e. The lowest BCUT2D eigenvalue weighted by atomic mass is 9.71. The fourth-order valence-electron chi connectivity index (χ4n) is 4.09. The molecule has 1 N–H and O–H groups in total. The molecular formula is C15H27NO. The van der Waals surface area contributed by atoms with Gasteiger partial charge in [-0.1, -0.05) is 13.8 Å². The summed E-state index contributed by atoms with van der Waals surface area (Å²) in [4.78, 5) is 2.70. The zero-order valence-electron chi connectivity index (χ0n) is 11.4. The first-order chi connectivity index (χ1) is 8.06. The summed E-state index contributed by atoms with van der Waals surface area (Å²) in [5.41, 5.74) is 0.400. The van der Waals surface area contributed by atoms with Gasteiger partial charge in [0.15, 0.2) is 0 Å². The first-order valence-corrected chi connectivity index (χ1v) is 7.48. The Bertz CT molecular complexity index is 285. The molecule has 17 heavy (non-hydrogen) atoms. The van der Waals surface area contributed by atoms with E-state index in [0.717, 1.165) is 24.7 Å². The lowest BCUT2D eigenvalue weighted by Crippen LogP contribution is -2.49. The zero-order chi connectivity index (χ0) is 12.0. The van der Waals surface area contributed by atoms with Crippen LogP contribution >= 0.6 is 0 Å². The van der Waals surface area contributed by atoms with Crippen LogP contribution in [0.25, 0.3) is 0 Å². The van der Waals surface area contributed by atoms with Crippen molar-refractivity contribution in [3.63, 3.8) is 0 Å². The highest BCUT2D eigenvalue weighted by molar-refractivity contribution is 4.97. The lowest BCUT2D eigenvalue weighted by Gasteiger charge is -2.45. The van der Waals surface area contributed by atoms with Crippen LogP contribution in [0.5, 0.6) is 0 Å². The van der Waals surface area contributed by atoms with E-state index in [1.807, 2.05) is 0 Å². The number of likely N-dealkylation sites (tertiary alicyclic amines) is 1. The van der Waals surface area contributed by atoms with E-state index in [1.54, 1.807) is 0 Å². The molecule has 2 nitrogen and oxygen atoms in total. The van der Waals surface area contributed by atoms with Gasteiger partial charge in [0.25, 0.3) is 0 Å². The Morgan fingerprint density at radius 1 is 1.06 bits per heavy atom. The second-order valence-corrected chi connectivity index (χ2v) is 7.31. The lowest BCUT2D eigenvalue weighted by molar-refractivity contribution is -0.00380. The van der Waals surface area contributed by atoms with Gasteiger partial charge in [-0.3, -0.25) is 4.90 Å². The molecule has 0 aromatic carbocycles. The summed E-state index contributed by atoms with van der Waals surface area (Å²) in [5, 5.41) is 9.93. The van der Waals surface area contributed by atoms with E-state index in [-0.39, 0.29) is 6.10 Å². The van der Waals surface area contributed by atoms with Gasteiger partial charge in [0.05, 0.1) is 6.10 Å². The molecule has 1 aliphatic heterocycles. The predicted octanol–water partition coefficient (Wildman–Crippen LogP) is 2.66. The summed E-state index contributed by atoms with van der Waals surface area (Å²) < 4.78 is 0. The van der Waals surface area contributed by atoms with Crippen molar-refractivity contribution in [2.75, 3.05) is 13.1 Å². The summed E-state index contributed by atoms with van der Waals surface area (Å²) >= 11 is 0. The number of hydrogen-bond donors (Lipinski definition) is 1. The summed E-state index contributed by atoms with van der Waals surface area (Å²) in [6.45, 7) is 7.38. The fourth-order valence-corrected chi connectivity index (χ4v) is 4.09. The standard InChI is InChI=1S/C15H27NO/c1-15(2)7-5-13(17)9-14(15)16-8-6-12(10-16)11-3-4-11/h11-14,17H,3-10H2,1-2H3. The summed E-state index contributed by atoms with van der Waals surface area (Å²) in [6, 6.07) is 0.620. The highest BCUT2D eigenvalue weighted by Gasteiger charge is 2.44. The molecule has 2 heteroatoms. The highest BCUT2D eigenvalue weighted by atomic mass is 16.3. The van der Waals surface area contributed by atoms with Crippen molar-refractivity contribution >= 4 is 0 Å². The van der Waals surface area contributed by atoms with Crippen molar-refractivity contribution in [3.8, 4) is 0 Å². The van der Waals surface area contributed by atoms with Crippen LogP contribution in [-0.2, 0) is 0 Å². The maximum atomic E-state index is 9.93. The Balaban J connectivity index is 1.65. The molecule has 1 heterocycles. The number of aliphatic hydroxyl groups is 1. The van der Waals surface area contributed by atoms with Crippen molar-refractivity contribution in [3.05, 3.63) is 0 Å². The number of nitrogens with zero attached hydrogens (tertiary/aromatic N) is 1. The van der Waals surface area contributed by atoms with E-state index in [0.29, 0.717) is 11.5 Å². The molecule has 0 spiro atoms. The molecule has 2 aliphatic carbocycles. The van der Waals surface area contributed by atoms with Gasteiger partial charge in [0.2, 0.25) is 0 Å². The van der Waals surface area contributed by atoms with Crippen molar-refractivity contribution in [1.29, 1.82) is 0 Å². The average molecular weight is 237 g/mol. The highest BCUT2D eigenvalue weighted by Crippen LogP contribution is 2.45. The quantitative estimate of drug-likeness (QED) is 0.798. The molecule has 3 atom stereocenters. The molecule has 0 amide bonds. The molecule has 3 unspecified atom stereocenters. The molecule has 2 saturated carbocycles. The summed E-state index contributed by atoms with van der Waals surface area (Å²) in [5.74, 6) is 2.03. The maximum Gasteiger partial charge on any atom is 0.0555 e. The number of rotatable bonds is 2. The topological polar surface area (TPSA) is 23.5 Å². The first-order valence-electron chi connectivity index (χ1n) is 7.48. The molecule has 1 saturated heterocycles. The summed E-state index contributed by atoms with van der Waals surface area (Å²) in [6.07, 6.45) is 7.52. The van der Waals surface area contributed by atoms with Gasteiger partial charge < -0.3 is 5.11 Å². The van der Waals surface area contributed by atoms with Gasteiger partial charge in [-0.2, -0.15) is 0 Å². The van der Waals surface area contributed by atoms with E-state index < -0.39 is 0 Å².